The quantitative estimate of drug-likeness (QED) is 0.922. The molecule has 1 aromatic rings. The number of aliphatic imine (C=N–C) groups is 1. The molecule has 3 rings (SSSR count). The largest absolute Gasteiger partial charge is 0.370 e. The number of halogens is 1. The summed E-state index contributed by atoms with van der Waals surface area (Å²) >= 11 is 0. The third-order valence-corrected chi connectivity index (χ3v) is 4.69. The summed E-state index contributed by atoms with van der Waals surface area (Å²) in [4.78, 5) is 11.0. The van der Waals surface area contributed by atoms with Crippen LogP contribution in [0.5, 0.6) is 0 Å². The summed E-state index contributed by atoms with van der Waals surface area (Å²) in [5, 5.41) is 0. The number of nitrogens with two attached hydrogens (primary N) is 1. The highest BCUT2D eigenvalue weighted by Gasteiger charge is 2.47. The van der Waals surface area contributed by atoms with Crippen molar-refractivity contribution in [1.82, 2.24) is 9.88 Å². The molecule has 4 nitrogen and oxygen atoms in total. The average Bonchev–Trinajstić information content (AvgIpc) is 3.07. The first-order valence-electron chi connectivity index (χ1n) is 7.38. The van der Waals surface area contributed by atoms with Gasteiger partial charge in [-0.1, -0.05) is 19.8 Å². The van der Waals surface area contributed by atoms with E-state index in [4.69, 9.17) is 5.73 Å². The van der Waals surface area contributed by atoms with Gasteiger partial charge in [-0.25, -0.2) is 4.39 Å². The summed E-state index contributed by atoms with van der Waals surface area (Å²) < 4.78 is 13.1. The van der Waals surface area contributed by atoms with E-state index >= 15 is 0 Å². The summed E-state index contributed by atoms with van der Waals surface area (Å²) in [6, 6.07) is 3.68. The minimum atomic E-state index is -0.306. The van der Waals surface area contributed by atoms with Gasteiger partial charge in [-0.2, -0.15) is 0 Å². The van der Waals surface area contributed by atoms with Crippen molar-refractivity contribution in [2.75, 3.05) is 6.54 Å². The van der Waals surface area contributed by atoms with Crippen molar-refractivity contribution in [3.63, 3.8) is 0 Å². The van der Waals surface area contributed by atoms with Gasteiger partial charge in [0.05, 0.1) is 18.4 Å². The minimum absolute atomic E-state index is 0.299. The van der Waals surface area contributed by atoms with E-state index in [1.165, 1.54) is 25.1 Å². The third-order valence-electron chi connectivity index (χ3n) is 4.69. The first kappa shape index (κ1) is 13.3. The Morgan fingerprint density at radius 2 is 2.15 bits per heavy atom. The lowest BCUT2D eigenvalue weighted by Crippen LogP contribution is -2.53. The van der Waals surface area contributed by atoms with Gasteiger partial charge in [0.1, 0.15) is 11.4 Å². The Hall–Kier alpha value is -1.65. The summed E-state index contributed by atoms with van der Waals surface area (Å²) in [5.41, 5.74) is 6.73. The van der Waals surface area contributed by atoms with E-state index in [2.05, 4.69) is 21.8 Å². The molecular formula is C15H21FN4. The zero-order valence-corrected chi connectivity index (χ0v) is 11.8. The molecule has 1 unspecified atom stereocenters. The summed E-state index contributed by atoms with van der Waals surface area (Å²) in [7, 11) is 0. The normalized spacial score (nSPS) is 27.1. The van der Waals surface area contributed by atoms with Crippen LogP contribution >= 0.6 is 0 Å². The van der Waals surface area contributed by atoms with Gasteiger partial charge in [0.25, 0.3) is 0 Å². The fraction of sp³-hybridized carbons (Fsp3) is 0.600. The maximum absolute atomic E-state index is 13.1. The van der Waals surface area contributed by atoms with Crippen molar-refractivity contribution >= 4 is 5.96 Å². The second kappa shape index (κ2) is 5.04. The maximum Gasteiger partial charge on any atom is 0.192 e. The number of hydrogen-bond donors (Lipinski definition) is 1. The Morgan fingerprint density at radius 1 is 1.40 bits per heavy atom. The van der Waals surface area contributed by atoms with Crippen molar-refractivity contribution < 1.29 is 4.39 Å². The highest BCUT2D eigenvalue weighted by molar-refractivity contribution is 5.81. The third kappa shape index (κ3) is 1.96. The molecule has 1 aromatic heterocycles. The van der Waals surface area contributed by atoms with Crippen LogP contribution in [0.3, 0.4) is 0 Å². The molecule has 2 aliphatic rings. The molecule has 0 radical (unpaired) electrons. The molecule has 2 heterocycles. The lowest BCUT2D eigenvalue weighted by Gasteiger charge is -2.42. The SMILES string of the molecule is CCC1(c2ccc(F)cn2)CN=C(N)N1C1CCCC1. The van der Waals surface area contributed by atoms with E-state index in [0.717, 1.165) is 25.0 Å². The van der Waals surface area contributed by atoms with Crippen molar-refractivity contribution in [1.29, 1.82) is 0 Å². The van der Waals surface area contributed by atoms with E-state index in [1.807, 2.05) is 0 Å². The number of pyridine rings is 1. The van der Waals surface area contributed by atoms with Crippen molar-refractivity contribution in [2.24, 2.45) is 10.7 Å². The van der Waals surface area contributed by atoms with E-state index in [9.17, 15) is 4.39 Å². The lowest BCUT2D eigenvalue weighted by molar-refractivity contribution is 0.138. The average molecular weight is 276 g/mol. The van der Waals surface area contributed by atoms with Crippen LogP contribution in [-0.2, 0) is 5.54 Å². The van der Waals surface area contributed by atoms with Crippen LogP contribution in [0.2, 0.25) is 0 Å². The molecule has 1 aliphatic heterocycles. The molecule has 0 bridgehead atoms. The monoisotopic (exact) mass is 276 g/mol. The van der Waals surface area contributed by atoms with E-state index in [0.29, 0.717) is 18.5 Å². The Bertz CT molecular complexity index is 507. The molecule has 20 heavy (non-hydrogen) atoms. The van der Waals surface area contributed by atoms with E-state index in [-0.39, 0.29) is 11.4 Å². The van der Waals surface area contributed by atoms with Gasteiger partial charge in [0.2, 0.25) is 0 Å². The van der Waals surface area contributed by atoms with Crippen molar-refractivity contribution in [3.05, 3.63) is 29.8 Å². The maximum atomic E-state index is 13.1. The van der Waals surface area contributed by atoms with Crippen LogP contribution < -0.4 is 5.73 Å². The number of guanidine groups is 1. The molecule has 0 amide bonds. The van der Waals surface area contributed by atoms with Crippen molar-refractivity contribution in [2.45, 2.75) is 50.6 Å². The highest BCUT2D eigenvalue weighted by Crippen LogP contribution is 2.40. The van der Waals surface area contributed by atoms with Gasteiger partial charge in [-0.15, -0.1) is 0 Å². The zero-order valence-electron chi connectivity index (χ0n) is 11.8. The fourth-order valence-electron chi connectivity index (χ4n) is 3.60. The first-order chi connectivity index (χ1) is 9.67. The second-order valence-corrected chi connectivity index (χ2v) is 5.73. The van der Waals surface area contributed by atoms with Gasteiger partial charge in [0.15, 0.2) is 5.96 Å². The molecule has 1 fully saturated rings. The highest BCUT2D eigenvalue weighted by atomic mass is 19.1. The molecule has 1 saturated carbocycles. The standard InChI is InChI=1S/C15H21FN4/c1-2-15(13-8-7-11(16)9-18-13)10-19-14(17)20(15)12-5-3-4-6-12/h7-9,12H,2-6,10H2,1H3,(H2,17,19). The molecule has 5 heteroatoms. The van der Waals surface area contributed by atoms with Gasteiger partial charge >= 0.3 is 0 Å². The topological polar surface area (TPSA) is 54.5 Å². The smallest absolute Gasteiger partial charge is 0.192 e. The number of aromatic nitrogens is 1. The van der Waals surface area contributed by atoms with Crippen LogP contribution in [0.1, 0.15) is 44.7 Å². The molecule has 0 spiro atoms. The zero-order chi connectivity index (χ0) is 14.2. The van der Waals surface area contributed by atoms with Gasteiger partial charge in [-0.3, -0.25) is 9.98 Å². The molecule has 1 atom stereocenters. The molecule has 0 aromatic carbocycles. The Labute approximate surface area is 118 Å². The summed E-state index contributed by atoms with van der Waals surface area (Å²) in [6.45, 7) is 2.74. The number of nitrogens with zero attached hydrogens (tertiary/aromatic N) is 3. The van der Waals surface area contributed by atoms with Crippen molar-refractivity contribution in [3.8, 4) is 0 Å². The van der Waals surface area contributed by atoms with Gasteiger partial charge in [-0.05, 0) is 31.4 Å². The Morgan fingerprint density at radius 3 is 2.75 bits per heavy atom. The lowest BCUT2D eigenvalue weighted by atomic mass is 9.88. The van der Waals surface area contributed by atoms with Crippen LogP contribution in [0.25, 0.3) is 0 Å². The van der Waals surface area contributed by atoms with Crippen LogP contribution in [0.4, 0.5) is 4.39 Å². The Kier molecular flexibility index (Phi) is 3.36. The minimum Gasteiger partial charge on any atom is -0.370 e. The van der Waals surface area contributed by atoms with Crippen LogP contribution in [0, 0.1) is 5.82 Å². The molecule has 108 valence electrons. The van der Waals surface area contributed by atoms with Gasteiger partial charge in [0, 0.05) is 6.04 Å². The molecule has 1 aliphatic carbocycles. The van der Waals surface area contributed by atoms with E-state index < -0.39 is 0 Å². The summed E-state index contributed by atoms with van der Waals surface area (Å²) in [6.07, 6.45) is 6.94. The number of rotatable bonds is 3. The van der Waals surface area contributed by atoms with Crippen LogP contribution in [-0.4, -0.2) is 28.4 Å². The molecule has 0 saturated heterocycles. The Balaban J connectivity index is 2.00. The van der Waals surface area contributed by atoms with Crippen LogP contribution in [0.15, 0.2) is 23.3 Å². The van der Waals surface area contributed by atoms with E-state index in [1.54, 1.807) is 6.07 Å². The predicted octanol–water partition coefficient (Wildman–Crippen LogP) is 2.40. The van der Waals surface area contributed by atoms with Gasteiger partial charge < -0.3 is 10.6 Å². The molecule has 2 N–H and O–H groups in total. The molecular weight excluding hydrogens is 255 g/mol. The second-order valence-electron chi connectivity index (χ2n) is 5.73. The summed E-state index contributed by atoms with van der Waals surface area (Å²) in [5.74, 6) is 0.309. The first-order valence-corrected chi connectivity index (χ1v) is 7.38. The fourth-order valence-corrected chi connectivity index (χ4v) is 3.60. The predicted molar refractivity (Wildman–Crippen MR) is 76.7 cm³/mol. The number of hydrogen-bond acceptors (Lipinski definition) is 4.